The predicted molar refractivity (Wildman–Crippen MR) is 37.9 cm³/mol. The molecule has 52 valence electrons. The lowest BCUT2D eigenvalue weighted by atomic mass is 10.1. The molecule has 0 spiro atoms. The van der Waals surface area contributed by atoms with E-state index in [2.05, 4.69) is 13.5 Å². The van der Waals surface area contributed by atoms with E-state index in [9.17, 15) is 4.79 Å². The summed E-state index contributed by atoms with van der Waals surface area (Å²) in [6.07, 6.45) is 2.82. The maximum absolute atomic E-state index is 10.3. The van der Waals surface area contributed by atoms with Crippen LogP contribution in [-0.2, 0) is 4.79 Å². The van der Waals surface area contributed by atoms with E-state index in [1.165, 1.54) is 0 Å². The number of hydrogen-bond acceptors (Lipinski definition) is 1. The van der Waals surface area contributed by atoms with Crippen molar-refractivity contribution in [2.75, 3.05) is 0 Å². The van der Waals surface area contributed by atoms with E-state index in [4.69, 9.17) is 5.73 Å². The number of nitrogens with two attached hydrogens (primary N) is 1. The Kier molecular flexibility index (Phi) is 3.76. The van der Waals surface area contributed by atoms with Gasteiger partial charge >= 0.3 is 0 Å². The Morgan fingerprint density at radius 3 is 2.56 bits per heavy atom. The van der Waals surface area contributed by atoms with Gasteiger partial charge in [-0.25, -0.2) is 0 Å². The fourth-order valence-corrected chi connectivity index (χ4v) is 0.513. The standard InChI is InChI=1S/C7H13NO/c1-3-4-5-6(2)7(8)9/h2-5H2,1H3,(H2,8,9). The number of unbranched alkanes of at least 4 members (excludes halogenated alkanes) is 1. The highest BCUT2D eigenvalue weighted by Crippen LogP contribution is 2.02. The topological polar surface area (TPSA) is 43.1 Å². The highest BCUT2D eigenvalue weighted by molar-refractivity contribution is 5.91. The van der Waals surface area contributed by atoms with Crippen LogP contribution in [0, 0.1) is 0 Å². The summed E-state index contributed by atoms with van der Waals surface area (Å²) in [7, 11) is 0. The summed E-state index contributed by atoms with van der Waals surface area (Å²) in [5.74, 6) is -0.372. The molecule has 2 nitrogen and oxygen atoms in total. The average Bonchev–Trinajstić information content (AvgIpc) is 1.82. The summed E-state index contributed by atoms with van der Waals surface area (Å²) in [4.78, 5) is 10.3. The van der Waals surface area contributed by atoms with Crippen molar-refractivity contribution in [3.05, 3.63) is 12.2 Å². The molecule has 0 saturated carbocycles. The van der Waals surface area contributed by atoms with Gasteiger partial charge in [-0.05, 0) is 12.8 Å². The highest BCUT2D eigenvalue weighted by atomic mass is 16.1. The van der Waals surface area contributed by atoms with Crippen LogP contribution in [0.4, 0.5) is 0 Å². The molecule has 0 aliphatic rings. The molecule has 0 saturated heterocycles. The van der Waals surface area contributed by atoms with Gasteiger partial charge in [-0.1, -0.05) is 19.9 Å². The van der Waals surface area contributed by atoms with Crippen molar-refractivity contribution in [2.45, 2.75) is 26.2 Å². The van der Waals surface area contributed by atoms with Gasteiger partial charge in [0.2, 0.25) is 5.91 Å². The van der Waals surface area contributed by atoms with Crippen molar-refractivity contribution in [3.63, 3.8) is 0 Å². The van der Waals surface area contributed by atoms with Crippen molar-refractivity contribution in [1.29, 1.82) is 0 Å². The first-order valence-electron chi connectivity index (χ1n) is 3.16. The minimum atomic E-state index is -0.372. The van der Waals surface area contributed by atoms with Gasteiger partial charge in [-0.15, -0.1) is 0 Å². The molecular formula is C7H13NO. The third kappa shape index (κ3) is 3.76. The number of carbonyl (C=O) groups is 1. The number of amides is 1. The third-order valence-corrected chi connectivity index (χ3v) is 1.18. The van der Waals surface area contributed by atoms with Crippen LogP contribution in [0.5, 0.6) is 0 Å². The molecule has 9 heavy (non-hydrogen) atoms. The van der Waals surface area contributed by atoms with Crippen LogP contribution < -0.4 is 5.73 Å². The Morgan fingerprint density at radius 1 is 1.67 bits per heavy atom. The molecule has 2 heteroatoms. The Morgan fingerprint density at radius 2 is 2.22 bits per heavy atom. The first kappa shape index (κ1) is 8.21. The Balaban J connectivity index is 3.39. The molecule has 0 fully saturated rings. The van der Waals surface area contributed by atoms with Crippen molar-refractivity contribution in [2.24, 2.45) is 5.73 Å². The SMILES string of the molecule is C=C(CCCC)C(N)=O. The summed E-state index contributed by atoms with van der Waals surface area (Å²) in [6.45, 7) is 5.58. The van der Waals surface area contributed by atoms with Crippen molar-refractivity contribution >= 4 is 5.91 Å². The van der Waals surface area contributed by atoms with E-state index in [1.54, 1.807) is 0 Å². The smallest absolute Gasteiger partial charge is 0.244 e. The molecule has 0 atom stereocenters. The monoisotopic (exact) mass is 127 g/mol. The van der Waals surface area contributed by atoms with Crippen molar-refractivity contribution < 1.29 is 4.79 Å². The Hall–Kier alpha value is -0.790. The summed E-state index contributed by atoms with van der Waals surface area (Å²) in [5, 5.41) is 0. The van der Waals surface area contributed by atoms with E-state index in [-0.39, 0.29) is 5.91 Å². The second-order valence-electron chi connectivity index (χ2n) is 2.07. The number of carbonyl (C=O) groups excluding carboxylic acids is 1. The van der Waals surface area contributed by atoms with E-state index in [0.29, 0.717) is 5.57 Å². The van der Waals surface area contributed by atoms with Gasteiger partial charge in [0.05, 0.1) is 0 Å². The first-order valence-corrected chi connectivity index (χ1v) is 3.16. The second kappa shape index (κ2) is 4.13. The largest absolute Gasteiger partial charge is 0.366 e. The molecule has 0 heterocycles. The maximum Gasteiger partial charge on any atom is 0.244 e. The van der Waals surface area contributed by atoms with Crippen LogP contribution in [0.25, 0.3) is 0 Å². The molecule has 0 aliphatic heterocycles. The zero-order valence-corrected chi connectivity index (χ0v) is 5.81. The normalized spacial score (nSPS) is 9.00. The average molecular weight is 127 g/mol. The van der Waals surface area contributed by atoms with Gasteiger partial charge in [0, 0.05) is 5.57 Å². The molecule has 0 bridgehead atoms. The molecule has 2 N–H and O–H groups in total. The van der Waals surface area contributed by atoms with Crippen LogP contribution in [0.1, 0.15) is 26.2 Å². The lowest BCUT2D eigenvalue weighted by molar-refractivity contribution is -0.114. The van der Waals surface area contributed by atoms with Gasteiger partial charge < -0.3 is 5.73 Å². The maximum atomic E-state index is 10.3. The van der Waals surface area contributed by atoms with Crippen LogP contribution >= 0.6 is 0 Å². The lowest BCUT2D eigenvalue weighted by Crippen LogP contribution is -2.12. The minimum absolute atomic E-state index is 0.372. The highest BCUT2D eigenvalue weighted by Gasteiger charge is 1.98. The molecule has 0 aliphatic carbocycles. The zero-order valence-electron chi connectivity index (χ0n) is 5.81. The van der Waals surface area contributed by atoms with Gasteiger partial charge in [0.25, 0.3) is 0 Å². The molecule has 0 rings (SSSR count). The quantitative estimate of drug-likeness (QED) is 0.567. The third-order valence-electron chi connectivity index (χ3n) is 1.18. The fourth-order valence-electron chi connectivity index (χ4n) is 0.513. The molecule has 0 unspecified atom stereocenters. The van der Waals surface area contributed by atoms with Crippen LogP contribution in [0.3, 0.4) is 0 Å². The number of primary amides is 1. The van der Waals surface area contributed by atoms with E-state index in [1.807, 2.05) is 0 Å². The van der Waals surface area contributed by atoms with Gasteiger partial charge in [-0.3, -0.25) is 4.79 Å². The first-order chi connectivity index (χ1) is 4.18. The molecule has 0 aromatic rings. The molecule has 0 radical (unpaired) electrons. The molecule has 0 aromatic heterocycles. The fraction of sp³-hybridized carbons (Fsp3) is 0.571. The number of rotatable bonds is 4. The van der Waals surface area contributed by atoms with Crippen LogP contribution in [0.15, 0.2) is 12.2 Å². The summed E-state index contributed by atoms with van der Waals surface area (Å²) < 4.78 is 0. The summed E-state index contributed by atoms with van der Waals surface area (Å²) in [5.41, 5.74) is 5.48. The molecule has 0 aromatic carbocycles. The van der Waals surface area contributed by atoms with Crippen molar-refractivity contribution in [1.82, 2.24) is 0 Å². The molecule has 1 amide bonds. The van der Waals surface area contributed by atoms with E-state index >= 15 is 0 Å². The van der Waals surface area contributed by atoms with E-state index < -0.39 is 0 Å². The second-order valence-corrected chi connectivity index (χ2v) is 2.07. The van der Waals surface area contributed by atoms with E-state index in [0.717, 1.165) is 19.3 Å². The van der Waals surface area contributed by atoms with Gasteiger partial charge in [0.15, 0.2) is 0 Å². The van der Waals surface area contributed by atoms with Crippen LogP contribution in [0.2, 0.25) is 0 Å². The van der Waals surface area contributed by atoms with Gasteiger partial charge in [0.1, 0.15) is 0 Å². The van der Waals surface area contributed by atoms with Crippen LogP contribution in [-0.4, -0.2) is 5.91 Å². The lowest BCUT2D eigenvalue weighted by Gasteiger charge is -1.96. The summed E-state index contributed by atoms with van der Waals surface area (Å²) in [6, 6.07) is 0. The predicted octanol–water partition coefficient (Wildman–Crippen LogP) is 1.22. The Bertz CT molecular complexity index is 118. The summed E-state index contributed by atoms with van der Waals surface area (Å²) >= 11 is 0. The Labute approximate surface area is 55.7 Å². The number of hydrogen-bond donors (Lipinski definition) is 1. The van der Waals surface area contributed by atoms with Crippen molar-refractivity contribution in [3.8, 4) is 0 Å². The molecular weight excluding hydrogens is 114 g/mol. The zero-order chi connectivity index (χ0) is 7.28. The minimum Gasteiger partial charge on any atom is -0.366 e. The van der Waals surface area contributed by atoms with Gasteiger partial charge in [-0.2, -0.15) is 0 Å².